The number of H-pyrrole nitrogens is 1. The molecule has 0 spiro atoms. The van der Waals surface area contributed by atoms with Gasteiger partial charge in [-0.3, -0.25) is 39.5 Å². The molecule has 1 atom stereocenters. The van der Waals surface area contributed by atoms with Gasteiger partial charge >= 0.3 is 0 Å². The van der Waals surface area contributed by atoms with E-state index in [9.17, 15) is 37.7 Å². The molecule has 464 valence electrons. The fourth-order valence-electron chi connectivity index (χ4n) is 12.4. The van der Waals surface area contributed by atoms with E-state index < -0.39 is 43.4 Å². The summed E-state index contributed by atoms with van der Waals surface area (Å²) in [5.74, 6) is -0.0146. The van der Waals surface area contributed by atoms with Gasteiger partial charge in [0.05, 0.1) is 28.2 Å². The number of halogens is 1. The quantitative estimate of drug-likeness (QED) is 0.0163. The maximum Gasteiger partial charge on any atom is 0.293 e. The van der Waals surface area contributed by atoms with Gasteiger partial charge in [0.2, 0.25) is 11.8 Å². The van der Waals surface area contributed by atoms with Gasteiger partial charge in [-0.2, -0.15) is 0 Å². The van der Waals surface area contributed by atoms with E-state index in [1.54, 1.807) is 35.4 Å². The molecule has 0 radical (unpaired) electrons. The lowest BCUT2D eigenvalue weighted by Gasteiger charge is -2.39. The van der Waals surface area contributed by atoms with Gasteiger partial charge in [-0.15, -0.1) is 0 Å². The molecule has 24 heteroatoms. The first-order valence-electron chi connectivity index (χ1n) is 30.3. The Bertz CT molecular complexity index is 3900. The Kier molecular flexibility index (Phi) is 18.4. The lowest BCUT2D eigenvalue weighted by molar-refractivity contribution is -0.384. The van der Waals surface area contributed by atoms with E-state index >= 15 is 0 Å². The highest BCUT2D eigenvalue weighted by molar-refractivity contribution is 7.90. The summed E-state index contributed by atoms with van der Waals surface area (Å²) in [6, 6.07) is 31.2. The smallest absolute Gasteiger partial charge is 0.293 e. The Balaban J connectivity index is 0.658. The van der Waals surface area contributed by atoms with Crippen LogP contribution in [0, 0.1) is 22.0 Å². The number of hydrogen-bond acceptors (Lipinski definition) is 17. The third kappa shape index (κ3) is 14.1. The summed E-state index contributed by atoms with van der Waals surface area (Å²) in [5, 5.41) is 22.6. The van der Waals surface area contributed by atoms with Crippen LogP contribution in [0.25, 0.3) is 22.2 Å². The predicted molar refractivity (Wildman–Crippen MR) is 337 cm³/mol. The van der Waals surface area contributed by atoms with Crippen LogP contribution in [0.2, 0.25) is 5.02 Å². The molecule has 1 unspecified atom stereocenters. The molecule has 5 N–H and O–H groups in total. The zero-order valence-electron chi connectivity index (χ0n) is 49.1. The largest absolute Gasteiger partial charge is 0.493 e. The summed E-state index contributed by atoms with van der Waals surface area (Å²) < 4.78 is 48.4. The Morgan fingerprint density at radius 3 is 2.42 bits per heavy atom. The number of imide groups is 1. The predicted octanol–water partition coefficient (Wildman–Crippen LogP) is 9.22. The standard InChI is InChI=1S/C65H70ClN11O11S/c66-46-12-10-44(11-13-46)50-6-5-9-59(87-41-43-37-74(38-43)25-3-1-2-23-67-55-8-4-7-51-53(55)40-76(65(51)81)57-18-19-61(78)71-64(57)80)54(50)39-73-26-28-75(29-27-73)47-14-16-52(60(33-47)88-48-32-45-20-24-68-62(45)70-36-48)63(79)72-89(84,85)49-15-17-56(58(34-49)77(82)83)69-35-42-21-30-86-31-22-42/h4-17,20,24,32-34,36,42-43,57,67,69H,1-3,18-19,21-23,25-31,35,37-41H2,(H,68,70)(H,72,79)(H,71,78,80). The summed E-state index contributed by atoms with van der Waals surface area (Å²) >= 11 is 6.37. The number of anilines is 3. The van der Waals surface area contributed by atoms with Crippen molar-refractivity contribution in [3.8, 4) is 28.4 Å². The van der Waals surface area contributed by atoms with E-state index in [1.165, 1.54) is 24.4 Å². The van der Waals surface area contributed by atoms with Crippen LogP contribution in [0.3, 0.4) is 0 Å². The molecule has 4 fully saturated rings. The van der Waals surface area contributed by atoms with E-state index in [2.05, 4.69) is 51.4 Å². The first-order valence-corrected chi connectivity index (χ1v) is 32.2. The van der Waals surface area contributed by atoms with Gasteiger partial charge in [0.25, 0.3) is 27.5 Å². The molecule has 0 aliphatic carbocycles. The number of likely N-dealkylation sites (tertiary alicyclic amines) is 1. The van der Waals surface area contributed by atoms with Gasteiger partial charge in [0.1, 0.15) is 34.6 Å². The second kappa shape index (κ2) is 27.0. The topological polar surface area (TPSA) is 263 Å². The number of nitro benzene ring substituents is 1. The van der Waals surface area contributed by atoms with Crippen molar-refractivity contribution in [3.63, 3.8) is 0 Å². The summed E-state index contributed by atoms with van der Waals surface area (Å²) in [6.07, 6.45) is 8.48. The summed E-state index contributed by atoms with van der Waals surface area (Å²) in [6.45, 7) is 9.48. The third-order valence-corrected chi connectivity index (χ3v) is 19.0. The van der Waals surface area contributed by atoms with Crippen LogP contribution >= 0.6 is 11.6 Å². The van der Waals surface area contributed by atoms with Gasteiger partial charge in [0.15, 0.2) is 0 Å². The van der Waals surface area contributed by atoms with Crippen LogP contribution in [-0.4, -0.2) is 146 Å². The number of aromatic nitrogens is 2. The van der Waals surface area contributed by atoms with Crippen molar-refractivity contribution < 1.29 is 46.7 Å². The third-order valence-electron chi connectivity index (χ3n) is 17.4. The first kappa shape index (κ1) is 60.7. The zero-order chi connectivity index (χ0) is 61.6. The van der Waals surface area contributed by atoms with Crippen molar-refractivity contribution in [2.75, 3.05) is 94.3 Å². The number of benzene rings is 5. The van der Waals surface area contributed by atoms with Crippen LogP contribution in [0.15, 0.2) is 126 Å². The molecule has 89 heavy (non-hydrogen) atoms. The molecule has 7 aromatic rings. The number of hydrogen-bond donors (Lipinski definition) is 5. The number of sulfonamides is 1. The summed E-state index contributed by atoms with van der Waals surface area (Å²) in [4.78, 5) is 79.0. The molecule has 4 saturated heterocycles. The minimum absolute atomic E-state index is 0.0756. The van der Waals surface area contributed by atoms with Crippen molar-refractivity contribution in [1.29, 1.82) is 0 Å². The van der Waals surface area contributed by atoms with Crippen LogP contribution < -0.4 is 35.0 Å². The molecular formula is C65H70ClN11O11S. The number of carbonyl (C=O) groups excluding carboxylic acids is 4. The average Bonchev–Trinajstić information content (AvgIpc) is 2.13. The maximum atomic E-state index is 14.1. The number of nitrogens with zero attached hydrogens (tertiary/aromatic N) is 6. The maximum absolute atomic E-state index is 14.1. The van der Waals surface area contributed by atoms with Crippen LogP contribution in [0.5, 0.6) is 17.2 Å². The van der Waals surface area contributed by atoms with Crippen LogP contribution in [0.4, 0.5) is 22.7 Å². The Hall–Kier alpha value is -8.61. The molecular weight excluding hydrogens is 1180 g/mol. The number of pyridine rings is 1. The van der Waals surface area contributed by atoms with Crippen LogP contribution in [0.1, 0.15) is 76.8 Å². The molecule has 5 aliphatic heterocycles. The lowest BCUT2D eigenvalue weighted by atomic mass is 9.97. The fraction of sp³-hybridized carbons (Fsp3) is 0.369. The first-order chi connectivity index (χ1) is 43.2. The number of fused-ring (bicyclic) bond motifs is 2. The Morgan fingerprint density at radius 1 is 0.820 bits per heavy atom. The van der Waals surface area contributed by atoms with Gasteiger partial charge < -0.3 is 44.5 Å². The van der Waals surface area contributed by atoms with E-state index in [1.807, 2.05) is 54.6 Å². The number of rotatable bonds is 24. The minimum Gasteiger partial charge on any atom is -0.493 e. The molecule has 0 bridgehead atoms. The number of amides is 4. The summed E-state index contributed by atoms with van der Waals surface area (Å²) in [7, 11) is -4.62. The number of unbranched alkanes of at least 4 members (excludes halogenated alkanes) is 2. The normalized spacial score (nSPS) is 17.7. The highest BCUT2D eigenvalue weighted by Gasteiger charge is 2.40. The molecule has 4 amide bonds. The lowest BCUT2D eigenvalue weighted by Crippen LogP contribution is -2.52. The summed E-state index contributed by atoms with van der Waals surface area (Å²) in [5.41, 5.74) is 6.61. The van der Waals surface area contributed by atoms with E-state index in [0.717, 1.165) is 109 Å². The SMILES string of the molecule is O=C1CCC(N2Cc3c(NCCCCCN4CC(COc5cccc(-c6ccc(Cl)cc6)c5CN5CCN(c6ccc(C(=O)NS(=O)(=O)c7ccc(NCC8CCOCC8)c([N+](=O)[O-])c7)c(Oc7cnc8[nH]ccc8c7)c6)CC5)C4)cccc3C2=O)C(=O)N1. The van der Waals surface area contributed by atoms with Crippen molar-refractivity contribution in [2.24, 2.45) is 11.8 Å². The molecule has 5 aromatic carbocycles. The minimum atomic E-state index is -4.62. The van der Waals surface area contributed by atoms with Gasteiger partial charge in [-0.05, 0) is 122 Å². The van der Waals surface area contributed by atoms with Crippen molar-refractivity contribution >= 4 is 79.0 Å². The zero-order valence-corrected chi connectivity index (χ0v) is 50.7. The van der Waals surface area contributed by atoms with Gasteiger partial charge in [-0.25, -0.2) is 18.1 Å². The number of piperazine rings is 1. The second-order valence-corrected chi connectivity index (χ2v) is 25.5. The highest BCUT2D eigenvalue weighted by atomic mass is 35.5. The van der Waals surface area contributed by atoms with Crippen LogP contribution in [-0.2, 0) is 37.4 Å². The number of nitro groups is 1. The number of piperidine rings is 1. The number of ether oxygens (including phenoxy) is 3. The number of aromatic amines is 1. The Morgan fingerprint density at radius 2 is 1.62 bits per heavy atom. The fourth-order valence-corrected chi connectivity index (χ4v) is 13.5. The number of carbonyl (C=O) groups is 4. The van der Waals surface area contributed by atoms with Gasteiger partial charge in [0, 0.05) is 148 Å². The molecule has 12 rings (SSSR count). The van der Waals surface area contributed by atoms with Gasteiger partial charge in [-0.1, -0.05) is 48.4 Å². The number of nitrogens with one attached hydrogen (secondary N) is 5. The van der Waals surface area contributed by atoms with E-state index in [-0.39, 0.29) is 41.2 Å². The molecule has 7 heterocycles. The van der Waals surface area contributed by atoms with Crippen molar-refractivity contribution in [1.82, 2.24) is 34.7 Å². The average molecular weight is 1250 g/mol. The molecule has 22 nitrogen and oxygen atoms in total. The monoisotopic (exact) mass is 1250 g/mol. The van der Waals surface area contributed by atoms with Crippen molar-refractivity contribution in [2.45, 2.75) is 69.0 Å². The van der Waals surface area contributed by atoms with E-state index in [0.29, 0.717) is 100.0 Å². The molecule has 2 aromatic heterocycles. The molecule has 5 aliphatic rings. The Labute approximate surface area is 520 Å². The highest BCUT2D eigenvalue weighted by Crippen LogP contribution is 2.38. The van der Waals surface area contributed by atoms with Crippen molar-refractivity contribution in [3.05, 3.63) is 159 Å². The van der Waals surface area contributed by atoms with E-state index in [4.69, 9.17) is 25.8 Å². The molecule has 0 saturated carbocycles. The second-order valence-electron chi connectivity index (χ2n) is 23.4.